The zero-order valence-electron chi connectivity index (χ0n) is 9.75. The fraction of sp³-hybridized carbons (Fsp3) is 0.143. The Morgan fingerprint density at radius 1 is 1.00 bits per heavy atom. The molecule has 0 saturated heterocycles. The molecule has 4 heteroatoms. The van der Waals surface area contributed by atoms with Gasteiger partial charge in [0.25, 0.3) is 0 Å². The van der Waals surface area contributed by atoms with Crippen LogP contribution in [0.5, 0.6) is 0 Å². The predicted molar refractivity (Wildman–Crippen MR) is 71.3 cm³/mol. The summed E-state index contributed by atoms with van der Waals surface area (Å²) >= 11 is 3.10. The lowest BCUT2D eigenvalue weighted by atomic mass is 9.97. The van der Waals surface area contributed by atoms with Crippen molar-refractivity contribution in [1.82, 2.24) is 0 Å². The maximum Gasteiger partial charge on any atom is 0.142 e. The van der Waals surface area contributed by atoms with Crippen LogP contribution in [0.15, 0.2) is 40.9 Å². The highest BCUT2D eigenvalue weighted by atomic mass is 79.9. The lowest BCUT2D eigenvalue weighted by Gasteiger charge is -2.15. The second kappa shape index (κ2) is 5.16. The first kappa shape index (κ1) is 13.2. The number of nitrogens with two attached hydrogens (primary N) is 1. The van der Waals surface area contributed by atoms with Gasteiger partial charge >= 0.3 is 0 Å². The second-order valence-corrected chi connectivity index (χ2v) is 4.95. The summed E-state index contributed by atoms with van der Waals surface area (Å²) in [7, 11) is 0. The smallest absolute Gasteiger partial charge is 0.142 e. The molecule has 0 radical (unpaired) electrons. The van der Waals surface area contributed by atoms with Crippen LogP contribution in [-0.2, 0) is 0 Å². The van der Waals surface area contributed by atoms with Crippen molar-refractivity contribution in [2.75, 3.05) is 0 Å². The largest absolute Gasteiger partial charge is 0.320 e. The molecule has 2 aromatic carbocycles. The SMILES string of the molecule is Cc1cccc(C(N)c2cccc(Br)c2F)c1F. The Kier molecular flexibility index (Phi) is 3.78. The molecule has 0 saturated carbocycles. The topological polar surface area (TPSA) is 26.0 Å². The van der Waals surface area contributed by atoms with Crippen molar-refractivity contribution in [3.8, 4) is 0 Å². The first-order chi connectivity index (χ1) is 8.52. The van der Waals surface area contributed by atoms with Crippen LogP contribution in [0.2, 0.25) is 0 Å². The Labute approximate surface area is 113 Å². The van der Waals surface area contributed by atoms with Crippen molar-refractivity contribution in [3.05, 3.63) is 69.2 Å². The van der Waals surface area contributed by atoms with E-state index in [2.05, 4.69) is 15.9 Å². The molecular formula is C14H12BrF2N. The Morgan fingerprint density at radius 3 is 2.22 bits per heavy atom. The van der Waals surface area contributed by atoms with Gasteiger partial charge in [0, 0.05) is 11.1 Å². The number of hydrogen-bond acceptors (Lipinski definition) is 1. The van der Waals surface area contributed by atoms with Gasteiger partial charge in [-0.3, -0.25) is 0 Å². The average molecular weight is 312 g/mol. The van der Waals surface area contributed by atoms with Crippen molar-refractivity contribution in [2.24, 2.45) is 5.73 Å². The quantitative estimate of drug-likeness (QED) is 0.888. The van der Waals surface area contributed by atoms with Crippen LogP contribution >= 0.6 is 15.9 Å². The molecule has 0 aliphatic carbocycles. The van der Waals surface area contributed by atoms with Crippen LogP contribution in [0, 0.1) is 18.6 Å². The van der Waals surface area contributed by atoms with Gasteiger partial charge in [0.1, 0.15) is 11.6 Å². The molecule has 0 heterocycles. The molecule has 0 amide bonds. The molecule has 0 bridgehead atoms. The Morgan fingerprint density at radius 2 is 1.56 bits per heavy atom. The lowest BCUT2D eigenvalue weighted by molar-refractivity contribution is 0.568. The summed E-state index contributed by atoms with van der Waals surface area (Å²) in [6.07, 6.45) is 0. The third kappa shape index (κ3) is 2.31. The number of rotatable bonds is 2. The van der Waals surface area contributed by atoms with Gasteiger partial charge in [0.05, 0.1) is 10.5 Å². The van der Waals surface area contributed by atoms with E-state index >= 15 is 0 Å². The van der Waals surface area contributed by atoms with Gasteiger partial charge in [-0.1, -0.05) is 30.3 Å². The fourth-order valence-electron chi connectivity index (χ4n) is 1.84. The van der Waals surface area contributed by atoms with Gasteiger partial charge in [0.2, 0.25) is 0 Å². The Hall–Kier alpha value is -1.26. The van der Waals surface area contributed by atoms with E-state index in [9.17, 15) is 8.78 Å². The molecule has 0 aliphatic heterocycles. The molecular weight excluding hydrogens is 300 g/mol. The molecule has 1 unspecified atom stereocenters. The summed E-state index contributed by atoms with van der Waals surface area (Å²) in [4.78, 5) is 0. The monoisotopic (exact) mass is 311 g/mol. The fourth-order valence-corrected chi connectivity index (χ4v) is 2.22. The van der Waals surface area contributed by atoms with Crippen LogP contribution in [0.25, 0.3) is 0 Å². The third-order valence-corrected chi connectivity index (χ3v) is 3.49. The Balaban J connectivity index is 2.51. The van der Waals surface area contributed by atoms with Crippen molar-refractivity contribution in [3.63, 3.8) is 0 Å². The number of aryl methyl sites for hydroxylation is 1. The Bertz CT molecular complexity index is 533. The van der Waals surface area contributed by atoms with Crippen LogP contribution in [0.4, 0.5) is 8.78 Å². The summed E-state index contributed by atoms with van der Waals surface area (Å²) in [5.74, 6) is -0.838. The van der Waals surface area contributed by atoms with Crippen molar-refractivity contribution >= 4 is 15.9 Å². The molecule has 1 nitrogen and oxygen atoms in total. The summed E-state index contributed by atoms with van der Waals surface area (Å²) in [6, 6.07) is 8.95. The van der Waals surface area contributed by atoms with Crippen LogP contribution < -0.4 is 5.73 Å². The van der Waals surface area contributed by atoms with E-state index in [0.29, 0.717) is 15.6 Å². The minimum Gasteiger partial charge on any atom is -0.320 e. The minimum atomic E-state index is -0.817. The highest BCUT2D eigenvalue weighted by molar-refractivity contribution is 9.10. The third-order valence-electron chi connectivity index (χ3n) is 2.87. The predicted octanol–water partition coefficient (Wildman–Crippen LogP) is 4.08. The van der Waals surface area contributed by atoms with Gasteiger partial charge in [-0.2, -0.15) is 0 Å². The summed E-state index contributed by atoms with van der Waals surface area (Å²) in [5, 5.41) is 0. The van der Waals surface area contributed by atoms with Gasteiger partial charge in [-0.15, -0.1) is 0 Å². The van der Waals surface area contributed by atoms with Crippen LogP contribution in [0.1, 0.15) is 22.7 Å². The van der Waals surface area contributed by atoms with E-state index < -0.39 is 11.9 Å². The van der Waals surface area contributed by atoms with E-state index in [1.54, 1.807) is 43.3 Å². The maximum atomic E-state index is 14.0. The molecule has 0 aliphatic rings. The summed E-state index contributed by atoms with van der Waals surface area (Å²) < 4.78 is 28.2. The molecule has 2 aromatic rings. The number of benzene rings is 2. The van der Waals surface area contributed by atoms with Gasteiger partial charge in [0.15, 0.2) is 0 Å². The van der Waals surface area contributed by atoms with E-state index in [1.807, 2.05) is 0 Å². The van der Waals surface area contributed by atoms with E-state index in [4.69, 9.17) is 5.73 Å². The van der Waals surface area contributed by atoms with Crippen molar-refractivity contribution in [1.29, 1.82) is 0 Å². The van der Waals surface area contributed by atoms with E-state index in [0.717, 1.165) is 0 Å². The van der Waals surface area contributed by atoms with Gasteiger partial charge in [-0.25, -0.2) is 8.78 Å². The standard InChI is InChI=1S/C14H12BrF2N/c1-8-4-2-5-9(12(8)16)14(18)10-6-3-7-11(15)13(10)17/h2-7,14H,18H2,1H3. The van der Waals surface area contributed by atoms with Crippen molar-refractivity contribution < 1.29 is 8.78 Å². The number of hydrogen-bond donors (Lipinski definition) is 1. The average Bonchev–Trinajstić information content (AvgIpc) is 2.35. The normalized spacial score (nSPS) is 12.5. The second-order valence-electron chi connectivity index (χ2n) is 4.10. The molecule has 0 spiro atoms. The van der Waals surface area contributed by atoms with Crippen LogP contribution in [-0.4, -0.2) is 0 Å². The highest BCUT2D eigenvalue weighted by Gasteiger charge is 2.19. The zero-order valence-corrected chi connectivity index (χ0v) is 11.3. The number of halogens is 3. The first-order valence-electron chi connectivity index (χ1n) is 5.47. The molecule has 0 fully saturated rings. The molecule has 2 rings (SSSR count). The summed E-state index contributed by atoms with van der Waals surface area (Å²) in [6.45, 7) is 1.66. The first-order valence-corrected chi connectivity index (χ1v) is 6.26. The van der Waals surface area contributed by atoms with Gasteiger partial charge < -0.3 is 5.73 Å². The van der Waals surface area contributed by atoms with E-state index in [1.165, 1.54) is 0 Å². The molecule has 2 N–H and O–H groups in total. The van der Waals surface area contributed by atoms with Crippen LogP contribution in [0.3, 0.4) is 0 Å². The maximum absolute atomic E-state index is 14.0. The van der Waals surface area contributed by atoms with Crippen molar-refractivity contribution in [2.45, 2.75) is 13.0 Å². The molecule has 0 aromatic heterocycles. The molecule has 94 valence electrons. The minimum absolute atomic E-state index is 0.272. The zero-order chi connectivity index (χ0) is 13.3. The summed E-state index contributed by atoms with van der Waals surface area (Å²) in [5.41, 5.74) is 7.02. The lowest BCUT2D eigenvalue weighted by Crippen LogP contribution is -2.16. The molecule has 18 heavy (non-hydrogen) atoms. The van der Waals surface area contributed by atoms with Gasteiger partial charge in [-0.05, 0) is 34.5 Å². The van der Waals surface area contributed by atoms with E-state index in [-0.39, 0.29) is 11.4 Å². The highest BCUT2D eigenvalue weighted by Crippen LogP contribution is 2.28. The molecule has 1 atom stereocenters.